The third-order valence-corrected chi connectivity index (χ3v) is 3.95. The topological polar surface area (TPSA) is 55.4 Å². The molecule has 0 unspecified atom stereocenters. The zero-order chi connectivity index (χ0) is 13.4. The Hall–Kier alpha value is -0.720. The molecule has 4 nitrogen and oxygen atoms in total. The normalized spacial score (nSPS) is 11.4. The van der Waals surface area contributed by atoms with Crippen molar-refractivity contribution in [3.05, 3.63) is 24.3 Å². The smallest absolute Gasteiger partial charge is 0.148 e. The van der Waals surface area contributed by atoms with E-state index in [1.54, 1.807) is 11.8 Å². The van der Waals surface area contributed by atoms with Gasteiger partial charge in [-0.15, -0.1) is 11.8 Å². The van der Waals surface area contributed by atoms with Crippen LogP contribution in [-0.2, 0) is 9.84 Å². The summed E-state index contributed by atoms with van der Waals surface area (Å²) < 4.78 is 27.3. The molecule has 102 valence electrons. The summed E-state index contributed by atoms with van der Waals surface area (Å²) in [6.45, 7) is 1.63. The van der Waals surface area contributed by atoms with Crippen LogP contribution in [0.5, 0.6) is 5.75 Å². The van der Waals surface area contributed by atoms with Crippen LogP contribution in [0.25, 0.3) is 0 Å². The third kappa shape index (κ3) is 6.88. The number of hydrogen-bond donors (Lipinski definition) is 1. The van der Waals surface area contributed by atoms with Crippen LogP contribution in [0.1, 0.15) is 0 Å². The largest absolute Gasteiger partial charge is 0.492 e. The van der Waals surface area contributed by atoms with E-state index in [1.165, 1.54) is 11.2 Å². The molecule has 0 aliphatic heterocycles. The SMILES string of the molecule is CSc1ccc(OCCNCCS(C)(=O)=O)cc1. The van der Waals surface area contributed by atoms with Crippen LogP contribution in [0.15, 0.2) is 29.2 Å². The number of hydrogen-bond acceptors (Lipinski definition) is 5. The molecule has 0 radical (unpaired) electrons. The van der Waals surface area contributed by atoms with Gasteiger partial charge in [0.2, 0.25) is 0 Å². The molecule has 0 aliphatic carbocycles. The lowest BCUT2D eigenvalue weighted by molar-refractivity contribution is 0.315. The van der Waals surface area contributed by atoms with E-state index in [4.69, 9.17) is 4.74 Å². The van der Waals surface area contributed by atoms with Gasteiger partial charge in [0.05, 0.1) is 5.75 Å². The lowest BCUT2D eigenvalue weighted by atomic mass is 10.3. The van der Waals surface area contributed by atoms with Crippen molar-refractivity contribution in [2.24, 2.45) is 0 Å². The first kappa shape index (κ1) is 15.3. The second kappa shape index (κ2) is 7.66. The van der Waals surface area contributed by atoms with E-state index in [2.05, 4.69) is 5.32 Å². The van der Waals surface area contributed by atoms with Gasteiger partial charge >= 0.3 is 0 Å². The standard InChI is InChI=1S/C12H19NO3S2/c1-17-12-5-3-11(4-6-12)16-9-7-13-8-10-18(2,14)15/h3-6,13H,7-10H2,1-2H3. The molecule has 0 heterocycles. The fraction of sp³-hybridized carbons (Fsp3) is 0.500. The minimum absolute atomic E-state index is 0.162. The summed E-state index contributed by atoms with van der Waals surface area (Å²) in [7, 11) is -2.88. The predicted octanol–water partition coefficient (Wildman–Crippen LogP) is 1.42. The number of sulfone groups is 1. The van der Waals surface area contributed by atoms with Gasteiger partial charge in [0.15, 0.2) is 0 Å². The molecule has 0 saturated heterocycles. The quantitative estimate of drug-likeness (QED) is 0.579. The van der Waals surface area contributed by atoms with Gasteiger partial charge in [0, 0.05) is 24.2 Å². The van der Waals surface area contributed by atoms with Gasteiger partial charge in [-0.05, 0) is 30.5 Å². The molecule has 18 heavy (non-hydrogen) atoms. The van der Waals surface area contributed by atoms with Crippen LogP contribution in [-0.4, -0.2) is 46.4 Å². The van der Waals surface area contributed by atoms with Crippen molar-refractivity contribution in [1.82, 2.24) is 5.32 Å². The summed E-state index contributed by atoms with van der Waals surface area (Å²) in [5.74, 6) is 0.993. The minimum Gasteiger partial charge on any atom is -0.492 e. The van der Waals surface area contributed by atoms with Crippen molar-refractivity contribution in [2.45, 2.75) is 4.90 Å². The maximum Gasteiger partial charge on any atom is 0.148 e. The predicted molar refractivity (Wildman–Crippen MR) is 76.3 cm³/mol. The highest BCUT2D eigenvalue weighted by atomic mass is 32.2. The van der Waals surface area contributed by atoms with E-state index in [1.807, 2.05) is 30.5 Å². The maximum absolute atomic E-state index is 10.9. The van der Waals surface area contributed by atoms with E-state index in [0.29, 0.717) is 19.7 Å². The van der Waals surface area contributed by atoms with Crippen molar-refractivity contribution < 1.29 is 13.2 Å². The first-order valence-corrected chi connectivity index (χ1v) is 8.95. The van der Waals surface area contributed by atoms with Crippen LogP contribution >= 0.6 is 11.8 Å². The van der Waals surface area contributed by atoms with Crippen molar-refractivity contribution >= 4 is 21.6 Å². The molecule has 1 aromatic rings. The first-order chi connectivity index (χ1) is 8.51. The van der Waals surface area contributed by atoms with Crippen LogP contribution < -0.4 is 10.1 Å². The summed E-state index contributed by atoms with van der Waals surface area (Å²) in [6, 6.07) is 7.89. The highest BCUT2D eigenvalue weighted by molar-refractivity contribution is 7.98. The molecule has 1 aromatic carbocycles. The molecule has 0 spiro atoms. The molecular weight excluding hydrogens is 270 g/mol. The zero-order valence-electron chi connectivity index (χ0n) is 10.7. The highest BCUT2D eigenvalue weighted by Crippen LogP contribution is 2.18. The first-order valence-electron chi connectivity index (χ1n) is 5.66. The minimum atomic E-state index is -2.88. The lowest BCUT2D eigenvalue weighted by Gasteiger charge is -2.07. The third-order valence-electron chi connectivity index (χ3n) is 2.26. The zero-order valence-corrected chi connectivity index (χ0v) is 12.3. The van der Waals surface area contributed by atoms with E-state index in [9.17, 15) is 8.42 Å². The van der Waals surface area contributed by atoms with Crippen molar-refractivity contribution in [3.8, 4) is 5.75 Å². The summed E-state index contributed by atoms with van der Waals surface area (Å²) in [6.07, 6.45) is 3.26. The lowest BCUT2D eigenvalue weighted by Crippen LogP contribution is -2.26. The van der Waals surface area contributed by atoms with Crippen molar-refractivity contribution in [2.75, 3.05) is 38.0 Å². The molecule has 0 bridgehead atoms. The number of nitrogens with one attached hydrogen (secondary N) is 1. The Morgan fingerprint density at radius 2 is 1.89 bits per heavy atom. The Kier molecular flexibility index (Phi) is 6.52. The summed E-state index contributed by atoms with van der Waals surface area (Å²) in [4.78, 5) is 1.20. The van der Waals surface area contributed by atoms with Gasteiger partial charge < -0.3 is 10.1 Å². The van der Waals surface area contributed by atoms with Gasteiger partial charge in [0.1, 0.15) is 22.2 Å². The molecule has 0 saturated carbocycles. The fourth-order valence-electron chi connectivity index (χ4n) is 1.30. The number of benzene rings is 1. The fourth-order valence-corrected chi connectivity index (χ4v) is 2.22. The Bertz CT molecular complexity index is 443. The highest BCUT2D eigenvalue weighted by Gasteiger charge is 2.00. The van der Waals surface area contributed by atoms with Gasteiger partial charge in [-0.2, -0.15) is 0 Å². The molecule has 0 amide bonds. The molecule has 6 heteroatoms. The van der Waals surface area contributed by atoms with E-state index in [0.717, 1.165) is 5.75 Å². The number of thioether (sulfide) groups is 1. The monoisotopic (exact) mass is 289 g/mol. The Morgan fingerprint density at radius 3 is 2.44 bits per heavy atom. The Morgan fingerprint density at radius 1 is 1.22 bits per heavy atom. The molecule has 0 atom stereocenters. The second-order valence-electron chi connectivity index (χ2n) is 3.90. The van der Waals surface area contributed by atoms with Gasteiger partial charge in [-0.1, -0.05) is 0 Å². The summed E-state index contributed by atoms with van der Waals surface area (Å²) in [5, 5.41) is 3.03. The van der Waals surface area contributed by atoms with Crippen LogP contribution in [0.3, 0.4) is 0 Å². The van der Waals surface area contributed by atoms with E-state index in [-0.39, 0.29) is 5.75 Å². The Balaban J connectivity index is 2.14. The van der Waals surface area contributed by atoms with Gasteiger partial charge in [-0.25, -0.2) is 8.42 Å². The summed E-state index contributed by atoms with van der Waals surface area (Å²) >= 11 is 1.69. The number of rotatable bonds is 8. The van der Waals surface area contributed by atoms with Crippen molar-refractivity contribution in [3.63, 3.8) is 0 Å². The summed E-state index contributed by atoms with van der Waals surface area (Å²) in [5.41, 5.74) is 0. The molecule has 0 aliphatic rings. The number of ether oxygens (including phenoxy) is 1. The van der Waals surface area contributed by atoms with Gasteiger partial charge in [0.25, 0.3) is 0 Å². The van der Waals surface area contributed by atoms with Crippen LogP contribution in [0, 0.1) is 0 Å². The van der Waals surface area contributed by atoms with E-state index >= 15 is 0 Å². The van der Waals surface area contributed by atoms with Crippen LogP contribution in [0.4, 0.5) is 0 Å². The molecule has 0 fully saturated rings. The van der Waals surface area contributed by atoms with Crippen LogP contribution in [0.2, 0.25) is 0 Å². The average Bonchev–Trinajstić information content (AvgIpc) is 2.33. The Labute approximate surface area is 113 Å². The van der Waals surface area contributed by atoms with Crippen molar-refractivity contribution in [1.29, 1.82) is 0 Å². The second-order valence-corrected chi connectivity index (χ2v) is 7.04. The van der Waals surface area contributed by atoms with E-state index < -0.39 is 9.84 Å². The maximum atomic E-state index is 10.9. The average molecular weight is 289 g/mol. The van der Waals surface area contributed by atoms with Gasteiger partial charge in [-0.3, -0.25) is 0 Å². The molecule has 0 aromatic heterocycles. The molecule has 1 rings (SSSR count). The molecule has 1 N–H and O–H groups in total. The molecular formula is C12H19NO3S2.